The molecule has 19 heavy (non-hydrogen) atoms. The van der Waals surface area contributed by atoms with E-state index in [1.807, 2.05) is 17.7 Å². The van der Waals surface area contributed by atoms with Crippen molar-refractivity contribution in [2.75, 3.05) is 6.26 Å². The van der Waals surface area contributed by atoms with Gasteiger partial charge in [-0.2, -0.15) is 0 Å². The van der Waals surface area contributed by atoms with Crippen molar-refractivity contribution in [3.8, 4) is 0 Å². The summed E-state index contributed by atoms with van der Waals surface area (Å²) in [6.45, 7) is 6.27. The number of nitrogens with zero attached hydrogens (tertiary/aromatic N) is 4. The molecule has 0 saturated carbocycles. The molecule has 0 spiro atoms. The summed E-state index contributed by atoms with van der Waals surface area (Å²) in [4.78, 5) is 28.6. The first kappa shape index (κ1) is 13.7. The van der Waals surface area contributed by atoms with Crippen LogP contribution < -0.4 is 11.2 Å². The molecule has 2 heterocycles. The lowest BCUT2D eigenvalue weighted by atomic mass is 10.3. The zero-order valence-electron chi connectivity index (χ0n) is 11.4. The van der Waals surface area contributed by atoms with Gasteiger partial charge < -0.3 is 4.57 Å². The van der Waals surface area contributed by atoms with Gasteiger partial charge in [0.2, 0.25) is 0 Å². The van der Waals surface area contributed by atoms with Crippen LogP contribution in [0.15, 0.2) is 26.9 Å². The minimum atomic E-state index is -0.370. The molecular formula is C12H16N4O2S. The smallest absolute Gasteiger partial charge is 0.309 e. The van der Waals surface area contributed by atoms with Crippen LogP contribution in [0.1, 0.15) is 6.92 Å². The molecule has 2 aromatic rings. The highest BCUT2D eigenvalue weighted by Gasteiger charge is 2.18. The van der Waals surface area contributed by atoms with Crippen LogP contribution in [0.4, 0.5) is 0 Å². The van der Waals surface area contributed by atoms with Crippen LogP contribution in [0.25, 0.3) is 11.2 Å². The quantitative estimate of drug-likeness (QED) is 0.614. The first-order valence-electron chi connectivity index (χ1n) is 5.73. The van der Waals surface area contributed by atoms with Gasteiger partial charge in [0.25, 0.3) is 5.56 Å². The van der Waals surface area contributed by atoms with Crippen LogP contribution in [0.3, 0.4) is 0 Å². The lowest BCUT2D eigenvalue weighted by Crippen LogP contribution is -2.37. The molecule has 0 aliphatic rings. The van der Waals surface area contributed by atoms with E-state index in [9.17, 15) is 9.59 Å². The number of hydrogen-bond acceptors (Lipinski definition) is 4. The summed E-state index contributed by atoms with van der Waals surface area (Å²) in [5.41, 5.74) is 1.08. The first-order chi connectivity index (χ1) is 8.88. The van der Waals surface area contributed by atoms with Gasteiger partial charge >= 0.3 is 5.69 Å². The van der Waals surface area contributed by atoms with Gasteiger partial charge in [0.1, 0.15) is 0 Å². The van der Waals surface area contributed by atoms with Crippen LogP contribution in [0, 0.1) is 0 Å². The predicted octanol–water partition coefficient (Wildman–Crippen LogP) is 0.732. The fraction of sp³-hybridized carbons (Fsp3) is 0.417. The lowest BCUT2D eigenvalue weighted by molar-refractivity contribution is 0.694. The van der Waals surface area contributed by atoms with Gasteiger partial charge in [-0.3, -0.25) is 13.9 Å². The number of aryl methyl sites for hydroxylation is 1. The van der Waals surface area contributed by atoms with E-state index in [-0.39, 0.29) is 11.2 Å². The summed E-state index contributed by atoms with van der Waals surface area (Å²) in [7, 11) is 3.09. The summed E-state index contributed by atoms with van der Waals surface area (Å²) < 4.78 is 4.30. The molecule has 7 heteroatoms. The van der Waals surface area contributed by atoms with Crippen molar-refractivity contribution >= 4 is 22.9 Å². The van der Waals surface area contributed by atoms with Gasteiger partial charge in [-0.1, -0.05) is 23.9 Å². The van der Waals surface area contributed by atoms with Crippen LogP contribution in [-0.4, -0.2) is 24.9 Å². The Balaban J connectivity index is 2.99. The van der Waals surface area contributed by atoms with Gasteiger partial charge in [-0.15, -0.1) is 0 Å². The Labute approximate surface area is 114 Å². The normalized spacial score (nSPS) is 11.2. The number of imidazole rings is 1. The number of allylic oxidation sites excluding steroid dienone is 1. The number of thioether (sulfide) groups is 1. The molecule has 6 nitrogen and oxygen atoms in total. The molecule has 0 unspecified atom stereocenters. The maximum Gasteiger partial charge on any atom is 0.332 e. The van der Waals surface area contributed by atoms with E-state index in [0.717, 1.165) is 10.1 Å². The summed E-state index contributed by atoms with van der Waals surface area (Å²) in [6.07, 6.45) is 1.89. The Morgan fingerprint density at radius 2 is 1.95 bits per heavy atom. The molecule has 0 bridgehead atoms. The molecule has 0 saturated heterocycles. The first-order valence-corrected chi connectivity index (χ1v) is 6.95. The van der Waals surface area contributed by atoms with Crippen molar-refractivity contribution in [2.24, 2.45) is 14.1 Å². The average molecular weight is 280 g/mol. The molecule has 0 radical (unpaired) electrons. The maximum absolute atomic E-state index is 12.3. The zero-order chi connectivity index (χ0) is 14.3. The monoisotopic (exact) mass is 280 g/mol. The molecular weight excluding hydrogens is 264 g/mol. The fourth-order valence-corrected chi connectivity index (χ4v) is 2.55. The molecule has 2 rings (SSSR count). The Morgan fingerprint density at radius 1 is 1.32 bits per heavy atom. The highest BCUT2D eigenvalue weighted by Crippen LogP contribution is 2.20. The van der Waals surface area contributed by atoms with Crippen LogP contribution in [0.2, 0.25) is 0 Å². The van der Waals surface area contributed by atoms with Crippen molar-refractivity contribution in [1.29, 1.82) is 0 Å². The third kappa shape index (κ3) is 2.03. The second-order valence-corrected chi connectivity index (χ2v) is 5.29. The van der Waals surface area contributed by atoms with Crippen molar-refractivity contribution < 1.29 is 0 Å². The molecule has 2 aromatic heterocycles. The Kier molecular flexibility index (Phi) is 3.40. The van der Waals surface area contributed by atoms with Gasteiger partial charge in [0.05, 0.1) is 0 Å². The van der Waals surface area contributed by atoms with Crippen LogP contribution in [-0.2, 0) is 20.6 Å². The number of rotatable bonds is 3. The van der Waals surface area contributed by atoms with Gasteiger partial charge in [0, 0.05) is 20.6 Å². The summed E-state index contributed by atoms with van der Waals surface area (Å²) >= 11 is 1.44. The maximum atomic E-state index is 12.3. The highest BCUT2D eigenvalue weighted by atomic mass is 32.2. The molecule has 0 fully saturated rings. The van der Waals surface area contributed by atoms with Crippen LogP contribution >= 0.6 is 11.8 Å². The number of hydrogen-bond donors (Lipinski definition) is 0. The van der Waals surface area contributed by atoms with E-state index in [1.54, 1.807) is 7.05 Å². The SMILES string of the molecule is C=C(C)Cn1c(SC)nc2c1c(=O)n(C)c(=O)n2C. The van der Waals surface area contributed by atoms with Crippen molar-refractivity contribution in [3.05, 3.63) is 33.0 Å². The highest BCUT2D eigenvalue weighted by molar-refractivity contribution is 7.98. The van der Waals surface area contributed by atoms with Crippen LogP contribution in [0.5, 0.6) is 0 Å². The van der Waals surface area contributed by atoms with E-state index < -0.39 is 0 Å². The summed E-state index contributed by atoms with van der Waals surface area (Å²) in [5, 5.41) is 0.705. The van der Waals surface area contributed by atoms with Gasteiger partial charge in [-0.05, 0) is 13.2 Å². The predicted molar refractivity (Wildman–Crippen MR) is 76.8 cm³/mol. The minimum absolute atomic E-state index is 0.327. The molecule has 0 N–H and O–H groups in total. The van der Waals surface area contributed by atoms with Gasteiger partial charge in [0.15, 0.2) is 16.3 Å². The van der Waals surface area contributed by atoms with Gasteiger partial charge in [-0.25, -0.2) is 9.78 Å². The Morgan fingerprint density at radius 3 is 2.47 bits per heavy atom. The molecule has 0 atom stereocenters. The molecule has 102 valence electrons. The largest absolute Gasteiger partial charge is 0.332 e. The molecule has 0 aliphatic carbocycles. The van der Waals surface area contributed by atoms with Crippen molar-refractivity contribution in [2.45, 2.75) is 18.6 Å². The number of aromatic nitrogens is 4. The Hall–Kier alpha value is -1.76. The topological polar surface area (TPSA) is 61.8 Å². The summed E-state index contributed by atoms with van der Waals surface area (Å²) in [6, 6.07) is 0. The number of fused-ring (bicyclic) bond motifs is 1. The van der Waals surface area contributed by atoms with E-state index in [4.69, 9.17) is 0 Å². The second-order valence-electron chi connectivity index (χ2n) is 4.52. The van der Waals surface area contributed by atoms with E-state index in [1.165, 1.54) is 23.4 Å². The Bertz CT molecular complexity index is 782. The van der Waals surface area contributed by atoms with E-state index in [2.05, 4.69) is 11.6 Å². The molecule has 0 aliphatic heterocycles. The van der Waals surface area contributed by atoms with Crippen molar-refractivity contribution in [3.63, 3.8) is 0 Å². The zero-order valence-corrected chi connectivity index (χ0v) is 12.2. The van der Waals surface area contributed by atoms with E-state index >= 15 is 0 Å². The lowest BCUT2D eigenvalue weighted by Gasteiger charge is -2.07. The molecule has 0 amide bonds. The third-order valence-corrected chi connectivity index (χ3v) is 3.60. The minimum Gasteiger partial charge on any atom is -0.309 e. The third-order valence-electron chi connectivity index (χ3n) is 2.92. The second kappa shape index (κ2) is 4.73. The fourth-order valence-electron chi connectivity index (χ4n) is 2.00. The average Bonchev–Trinajstić information content (AvgIpc) is 2.71. The summed E-state index contributed by atoms with van der Waals surface area (Å²) in [5.74, 6) is 0. The molecule has 0 aromatic carbocycles. The standard InChI is InChI=1S/C12H16N4O2S/c1-7(2)6-16-8-9(13-11(16)19-5)14(3)12(18)15(4)10(8)17/h1,6H2,2-5H3. The van der Waals surface area contributed by atoms with Crippen molar-refractivity contribution in [1.82, 2.24) is 18.7 Å². The van der Waals surface area contributed by atoms with E-state index in [0.29, 0.717) is 22.9 Å².